The minimum atomic E-state index is 0.354. The molecule has 0 aliphatic carbocycles. The van der Waals surface area contributed by atoms with Crippen LogP contribution >= 0.6 is 15.9 Å². The molecule has 4 heteroatoms. The van der Waals surface area contributed by atoms with Gasteiger partial charge in [-0.25, -0.2) is 9.67 Å². The summed E-state index contributed by atoms with van der Waals surface area (Å²) in [6.45, 7) is 4.19. The summed E-state index contributed by atoms with van der Waals surface area (Å²) in [4.78, 5) is 4.55. The maximum atomic E-state index is 4.55. The lowest BCUT2D eigenvalue weighted by molar-refractivity contribution is 0.712. The van der Waals surface area contributed by atoms with Gasteiger partial charge in [-0.05, 0) is 12.1 Å². The monoisotopic (exact) mass is 279 g/mol. The van der Waals surface area contributed by atoms with Crippen LogP contribution in [0.3, 0.4) is 0 Å². The topological polar surface area (TPSA) is 30.7 Å². The summed E-state index contributed by atoms with van der Waals surface area (Å²) in [5.41, 5.74) is 1.08. The normalized spacial score (nSPS) is 11.1. The number of aryl methyl sites for hydroxylation is 1. The van der Waals surface area contributed by atoms with Crippen LogP contribution in [0.1, 0.15) is 25.6 Å². The third-order valence-electron chi connectivity index (χ3n) is 2.38. The molecule has 2 rings (SSSR count). The van der Waals surface area contributed by atoms with E-state index in [9.17, 15) is 0 Å². The number of hydrogen-bond donors (Lipinski definition) is 0. The minimum absolute atomic E-state index is 0.354. The summed E-state index contributed by atoms with van der Waals surface area (Å²) in [6.07, 6.45) is 0. The van der Waals surface area contributed by atoms with Crippen LogP contribution in [0.5, 0.6) is 0 Å². The van der Waals surface area contributed by atoms with E-state index in [4.69, 9.17) is 0 Å². The summed E-state index contributed by atoms with van der Waals surface area (Å²) in [5, 5.41) is 4.41. The summed E-state index contributed by atoms with van der Waals surface area (Å²) < 4.78 is 2.89. The van der Waals surface area contributed by atoms with E-state index in [0.717, 1.165) is 21.7 Å². The van der Waals surface area contributed by atoms with Crippen molar-refractivity contribution in [2.45, 2.75) is 19.8 Å². The third kappa shape index (κ3) is 2.16. The van der Waals surface area contributed by atoms with E-state index >= 15 is 0 Å². The van der Waals surface area contributed by atoms with Crippen molar-refractivity contribution >= 4 is 15.9 Å². The smallest absolute Gasteiger partial charge is 0.158 e. The van der Waals surface area contributed by atoms with Crippen LogP contribution in [-0.2, 0) is 7.05 Å². The molecule has 0 amide bonds. The fourth-order valence-corrected chi connectivity index (χ4v) is 1.93. The number of benzene rings is 1. The highest BCUT2D eigenvalue weighted by Gasteiger charge is 2.11. The zero-order valence-corrected chi connectivity index (χ0v) is 11.2. The molecule has 0 saturated carbocycles. The first-order chi connectivity index (χ1) is 7.58. The van der Waals surface area contributed by atoms with Gasteiger partial charge in [-0.1, -0.05) is 41.9 Å². The summed E-state index contributed by atoms with van der Waals surface area (Å²) >= 11 is 3.46. The molecule has 2 aromatic rings. The molecule has 84 valence electrons. The van der Waals surface area contributed by atoms with Crippen molar-refractivity contribution in [3.63, 3.8) is 0 Å². The van der Waals surface area contributed by atoms with Crippen LogP contribution in [0.15, 0.2) is 28.7 Å². The second-order valence-electron chi connectivity index (χ2n) is 4.08. The largest absolute Gasteiger partial charge is 0.249 e. The van der Waals surface area contributed by atoms with Gasteiger partial charge in [0.1, 0.15) is 0 Å². The summed E-state index contributed by atoms with van der Waals surface area (Å²) in [5.74, 6) is 2.15. The lowest BCUT2D eigenvalue weighted by atomic mass is 10.2. The number of halogens is 1. The molecule has 16 heavy (non-hydrogen) atoms. The van der Waals surface area contributed by atoms with Gasteiger partial charge in [0, 0.05) is 23.0 Å². The van der Waals surface area contributed by atoms with Gasteiger partial charge in [0.25, 0.3) is 0 Å². The molecule has 0 unspecified atom stereocenters. The van der Waals surface area contributed by atoms with Gasteiger partial charge in [0.05, 0.1) is 0 Å². The van der Waals surface area contributed by atoms with Gasteiger partial charge < -0.3 is 0 Å². The maximum Gasteiger partial charge on any atom is 0.158 e. The van der Waals surface area contributed by atoms with Crippen LogP contribution in [0.2, 0.25) is 0 Å². The molecular weight excluding hydrogens is 266 g/mol. The van der Waals surface area contributed by atoms with Gasteiger partial charge in [0.2, 0.25) is 0 Å². The first-order valence-corrected chi connectivity index (χ1v) is 6.04. The average molecular weight is 280 g/mol. The molecule has 0 aliphatic heterocycles. The second kappa shape index (κ2) is 4.37. The second-order valence-corrected chi connectivity index (χ2v) is 5.00. The fraction of sp³-hybridized carbons (Fsp3) is 0.333. The Bertz CT molecular complexity index is 503. The van der Waals surface area contributed by atoms with Gasteiger partial charge in [-0.15, -0.1) is 0 Å². The Labute approximate surface area is 104 Å². The van der Waals surface area contributed by atoms with Crippen molar-refractivity contribution in [3.8, 4) is 11.4 Å². The van der Waals surface area contributed by atoms with Gasteiger partial charge in [-0.2, -0.15) is 5.10 Å². The number of hydrogen-bond acceptors (Lipinski definition) is 2. The van der Waals surface area contributed by atoms with Crippen LogP contribution in [0.25, 0.3) is 11.4 Å². The predicted octanol–water partition coefficient (Wildman–Crippen LogP) is 3.37. The van der Waals surface area contributed by atoms with Crippen molar-refractivity contribution in [1.82, 2.24) is 14.8 Å². The fourth-order valence-electron chi connectivity index (χ4n) is 1.53. The molecule has 1 aromatic heterocycles. The zero-order chi connectivity index (χ0) is 11.7. The van der Waals surface area contributed by atoms with Crippen molar-refractivity contribution in [3.05, 3.63) is 34.6 Å². The Morgan fingerprint density at radius 3 is 2.62 bits per heavy atom. The van der Waals surface area contributed by atoms with Crippen LogP contribution in [0, 0.1) is 0 Å². The quantitative estimate of drug-likeness (QED) is 0.844. The molecule has 0 atom stereocenters. The molecule has 0 fully saturated rings. The Hall–Kier alpha value is -1.16. The van der Waals surface area contributed by atoms with Crippen molar-refractivity contribution in [1.29, 1.82) is 0 Å². The van der Waals surface area contributed by atoms with E-state index in [0.29, 0.717) is 5.92 Å². The Morgan fingerprint density at radius 2 is 2.06 bits per heavy atom. The Balaban J connectivity index is 2.48. The van der Waals surface area contributed by atoms with E-state index in [1.54, 1.807) is 0 Å². The first kappa shape index (κ1) is 11.3. The van der Waals surface area contributed by atoms with Gasteiger partial charge in [0.15, 0.2) is 11.6 Å². The van der Waals surface area contributed by atoms with Crippen LogP contribution in [0.4, 0.5) is 0 Å². The molecule has 1 heterocycles. The lowest BCUT2D eigenvalue weighted by Crippen LogP contribution is -1.95. The standard InChI is InChI=1S/C12H14BrN3/c1-8(2)11-14-12(16(3)15-11)9-5-4-6-10(13)7-9/h4-8H,1-3H3. The highest BCUT2D eigenvalue weighted by Crippen LogP contribution is 2.22. The van der Waals surface area contributed by atoms with Crippen LogP contribution in [-0.4, -0.2) is 14.8 Å². The van der Waals surface area contributed by atoms with Crippen LogP contribution < -0.4 is 0 Å². The highest BCUT2D eigenvalue weighted by atomic mass is 79.9. The van der Waals surface area contributed by atoms with Crippen molar-refractivity contribution < 1.29 is 0 Å². The number of rotatable bonds is 2. The molecule has 3 nitrogen and oxygen atoms in total. The highest BCUT2D eigenvalue weighted by molar-refractivity contribution is 9.10. The van der Waals surface area contributed by atoms with E-state index < -0.39 is 0 Å². The molecule has 0 N–H and O–H groups in total. The molecule has 0 spiro atoms. The SMILES string of the molecule is CC(C)c1nc(-c2cccc(Br)c2)n(C)n1. The average Bonchev–Trinajstić information content (AvgIpc) is 2.60. The molecule has 1 aromatic carbocycles. The van der Waals surface area contributed by atoms with Crippen molar-refractivity contribution in [2.24, 2.45) is 7.05 Å². The van der Waals surface area contributed by atoms with Gasteiger partial charge >= 0.3 is 0 Å². The lowest BCUT2D eigenvalue weighted by Gasteiger charge is -1.99. The number of nitrogens with zero attached hydrogens (tertiary/aromatic N) is 3. The van der Waals surface area contributed by atoms with E-state index in [2.05, 4.69) is 39.9 Å². The molecule has 0 aliphatic rings. The van der Waals surface area contributed by atoms with E-state index in [1.165, 1.54) is 0 Å². The molecule has 0 saturated heterocycles. The minimum Gasteiger partial charge on any atom is -0.249 e. The van der Waals surface area contributed by atoms with E-state index in [-0.39, 0.29) is 0 Å². The summed E-state index contributed by atoms with van der Waals surface area (Å²) in [6, 6.07) is 8.10. The van der Waals surface area contributed by atoms with E-state index in [1.807, 2.05) is 36.0 Å². The zero-order valence-electron chi connectivity index (χ0n) is 9.61. The Kier molecular flexibility index (Phi) is 3.10. The number of aromatic nitrogens is 3. The maximum absolute atomic E-state index is 4.55. The molecule has 0 radical (unpaired) electrons. The van der Waals surface area contributed by atoms with Crippen molar-refractivity contribution in [2.75, 3.05) is 0 Å². The first-order valence-electron chi connectivity index (χ1n) is 5.25. The summed E-state index contributed by atoms with van der Waals surface area (Å²) in [7, 11) is 1.93. The molecular formula is C12H14BrN3. The Morgan fingerprint density at radius 1 is 1.31 bits per heavy atom. The third-order valence-corrected chi connectivity index (χ3v) is 2.87. The predicted molar refractivity (Wildman–Crippen MR) is 68.2 cm³/mol. The van der Waals surface area contributed by atoms with Gasteiger partial charge in [-0.3, -0.25) is 0 Å². The molecule has 0 bridgehead atoms.